The Kier molecular flexibility index (Phi) is 6.83. The van der Waals surface area contributed by atoms with Gasteiger partial charge in [0.25, 0.3) is 0 Å². The number of nitrogens with zero attached hydrogens (tertiary/aromatic N) is 1. The standard InChI is InChI=1S/C23H27ClN2O7/c1-22(2,3)33-21(31)26-9-7-23(8-10-26)15-6-5-13(24)11-14(15)18(28)17(19(23)29)20(30)25-12-16(27)32-4/h5-6,11,17H,7-10,12H2,1-4H3,(H,25,30). The maximum Gasteiger partial charge on any atom is 0.410 e. The third-order valence-electron chi connectivity index (χ3n) is 5.92. The van der Waals surface area contributed by atoms with Gasteiger partial charge in [0.05, 0.1) is 12.5 Å². The van der Waals surface area contributed by atoms with Crippen molar-refractivity contribution < 1.29 is 33.4 Å². The molecule has 10 heteroatoms. The van der Waals surface area contributed by atoms with E-state index in [1.807, 2.05) is 0 Å². The number of carbonyl (C=O) groups excluding carboxylic acids is 5. The van der Waals surface area contributed by atoms with Gasteiger partial charge in [-0.3, -0.25) is 19.2 Å². The van der Waals surface area contributed by atoms with Crippen LogP contribution < -0.4 is 5.32 Å². The molecule has 1 atom stereocenters. The smallest absolute Gasteiger partial charge is 0.410 e. The molecule has 1 fully saturated rings. The molecule has 178 valence electrons. The van der Waals surface area contributed by atoms with Crippen molar-refractivity contribution in [3.8, 4) is 0 Å². The molecule has 1 heterocycles. The second-order valence-corrected chi connectivity index (χ2v) is 9.63. The van der Waals surface area contributed by atoms with Crippen LogP contribution in [0.1, 0.15) is 49.5 Å². The van der Waals surface area contributed by atoms with E-state index in [0.29, 0.717) is 10.6 Å². The zero-order valence-electron chi connectivity index (χ0n) is 19.0. The van der Waals surface area contributed by atoms with Gasteiger partial charge in [0.15, 0.2) is 17.5 Å². The monoisotopic (exact) mass is 478 g/mol. The molecule has 9 nitrogen and oxygen atoms in total. The Morgan fingerprint density at radius 2 is 1.82 bits per heavy atom. The van der Waals surface area contributed by atoms with Gasteiger partial charge < -0.3 is 19.7 Å². The fraction of sp³-hybridized carbons (Fsp3) is 0.522. The van der Waals surface area contributed by atoms with Crippen LogP contribution in [0.5, 0.6) is 0 Å². The third-order valence-corrected chi connectivity index (χ3v) is 6.16. The number of amides is 2. The molecule has 1 spiro atoms. The minimum Gasteiger partial charge on any atom is -0.468 e. The topological polar surface area (TPSA) is 119 Å². The number of methoxy groups -OCH3 is 1. The fourth-order valence-corrected chi connectivity index (χ4v) is 4.48. The predicted molar refractivity (Wildman–Crippen MR) is 118 cm³/mol. The number of hydrogen-bond donors (Lipinski definition) is 1. The molecule has 1 saturated heterocycles. The number of nitrogens with one attached hydrogen (secondary N) is 1. The normalized spacial score (nSPS) is 19.7. The van der Waals surface area contributed by atoms with Crippen LogP contribution in [-0.2, 0) is 29.3 Å². The predicted octanol–water partition coefficient (Wildman–Crippen LogP) is 2.28. The van der Waals surface area contributed by atoms with Crippen LogP contribution in [0, 0.1) is 5.92 Å². The molecule has 0 radical (unpaired) electrons. The van der Waals surface area contributed by atoms with Gasteiger partial charge in [-0.15, -0.1) is 0 Å². The zero-order valence-corrected chi connectivity index (χ0v) is 19.8. The summed E-state index contributed by atoms with van der Waals surface area (Å²) in [5, 5.41) is 2.61. The molecule has 1 aliphatic heterocycles. The van der Waals surface area contributed by atoms with Crippen LogP contribution >= 0.6 is 11.6 Å². The van der Waals surface area contributed by atoms with Gasteiger partial charge in [0.1, 0.15) is 12.1 Å². The Morgan fingerprint density at radius 1 is 1.18 bits per heavy atom. The van der Waals surface area contributed by atoms with E-state index in [4.69, 9.17) is 16.3 Å². The van der Waals surface area contributed by atoms with Crippen molar-refractivity contribution in [2.45, 2.75) is 44.6 Å². The first kappa shape index (κ1) is 24.7. The van der Waals surface area contributed by atoms with Crippen molar-refractivity contribution >= 4 is 41.1 Å². The van der Waals surface area contributed by atoms with E-state index < -0.39 is 53.0 Å². The number of esters is 1. The number of ketones is 2. The number of ether oxygens (including phenoxy) is 2. The first-order valence-electron chi connectivity index (χ1n) is 10.6. The van der Waals surface area contributed by atoms with Crippen molar-refractivity contribution in [2.24, 2.45) is 5.92 Å². The number of fused-ring (bicyclic) bond motifs is 2. The number of carbonyl (C=O) groups is 5. The van der Waals surface area contributed by atoms with Crippen molar-refractivity contribution in [2.75, 3.05) is 26.7 Å². The summed E-state index contributed by atoms with van der Waals surface area (Å²) in [6.45, 7) is 5.27. The third kappa shape index (κ3) is 4.88. The highest BCUT2D eigenvalue weighted by atomic mass is 35.5. The molecule has 3 rings (SSSR count). The lowest BCUT2D eigenvalue weighted by atomic mass is 9.60. The minimum atomic E-state index is -1.62. The second kappa shape index (κ2) is 9.13. The number of benzene rings is 1. The number of Topliss-reactive ketones (excluding diaryl/α,β-unsaturated/α-hetero) is 2. The van der Waals surface area contributed by atoms with Crippen LogP contribution in [0.4, 0.5) is 4.79 Å². The molecule has 0 aromatic heterocycles. The number of hydrogen-bond acceptors (Lipinski definition) is 7. The fourth-order valence-electron chi connectivity index (χ4n) is 4.31. The zero-order chi connectivity index (χ0) is 24.6. The maximum atomic E-state index is 13.7. The van der Waals surface area contributed by atoms with Crippen molar-refractivity contribution in [1.29, 1.82) is 0 Å². The van der Waals surface area contributed by atoms with Crippen molar-refractivity contribution in [3.05, 3.63) is 34.3 Å². The molecular weight excluding hydrogens is 452 g/mol. The second-order valence-electron chi connectivity index (χ2n) is 9.19. The molecular formula is C23H27ClN2O7. The molecule has 1 aromatic rings. The van der Waals surface area contributed by atoms with Crippen LogP contribution in [0.15, 0.2) is 18.2 Å². The van der Waals surface area contributed by atoms with E-state index in [0.717, 1.165) is 7.11 Å². The summed E-state index contributed by atoms with van der Waals surface area (Å²) in [6, 6.07) is 4.69. The number of halogens is 1. The summed E-state index contributed by atoms with van der Waals surface area (Å²) in [5.41, 5.74) is -1.10. The van der Waals surface area contributed by atoms with Gasteiger partial charge in [-0.1, -0.05) is 17.7 Å². The first-order valence-corrected chi connectivity index (χ1v) is 11.0. The van der Waals surface area contributed by atoms with E-state index in [1.54, 1.807) is 32.9 Å². The summed E-state index contributed by atoms with van der Waals surface area (Å²) in [7, 11) is 1.16. The van der Waals surface area contributed by atoms with Crippen LogP contribution in [0.3, 0.4) is 0 Å². The Morgan fingerprint density at radius 3 is 2.39 bits per heavy atom. The molecule has 2 amide bonds. The van der Waals surface area contributed by atoms with Crippen LogP contribution in [-0.4, -0.2) is 66.8 Å². The molecule has 33 heavy (non-hydrogen) atoms. The summed E-state index contributed by atoms with van der Waals surface area (Å²) in [5.74, 6) is -4.40. The van der Waals surface area contributed by atoms with E-state index in [2.05, 4.69) is 10.1 Å². The SMILES string of the molecule is COC(=O)CNC(=O)C1C(=O)c2cc(Cl)ccc2C2(CCN(C(=O)OC(C)(C)C)CC2)C1=O. The lowest BCUT2D eigenvalue weighted by molar-refractivity contribution is -0.143. The van der Waals surface area contributed by atoms with E-state index in [1.165, 1.54) is 11.0 Å². The van der Waals surface area contributed by atoms with Crippen molar-refractivity contribution in [1.82, 2.24) is 10.2 Å². The molecule has 1 aromatic carbocycles. The largest absolute Gasteiger partial charge is 0.468 e. The van der Waals surface area contributed by atoms with Gasteiger partial charge in [-0.05, 0) is 51.3 Å². The van der Waals surface area contributed by atoms with Crippen molar-refractivity contribution in [3.63, 3.8) is 0 Å². The Hall–Kier alpha value is -2.94. The summed E-state index contributed by atoms with van der Waals surface area (Å²) in [4.78, 5) is 65.1. The van der Waals surface area contributed by atoms with E-state index in [-0.39, 0.29) is 31.5 Å². The summed E-state index contributed by atoms with van der Waals surface area (Å²) in [6.07, 6.45) is -0.0537. The maximum absolute atomic E-state index is 13.7. The average Bonchev–Trinajstić information content (AvgIpc) is 2.75. The van der Waals surface area contributed by atoms with Gasteiger partial charge in [0, 0.05) is 23.7 Å². The highest BCUT2D eigenvalue weighted by molar-refractivity contribution is 6.33. The summed E-state index contributed by atoms with van der Waals surface area (Å²) >= 11 is 6.11. The lowest BCUT2D eigenvalue weighted by Crippen LogP contribution is -2.58. The van der Waals surface area contributed by atoms with Gasteiger partial charge in [-0.2, -0.15) is 0 Å². The lowest BCUT2D eigenvalue weighted by Gasteiger charge is -2.45. The quantitative estimate of drug-likeness (QED) is 0.522. The van der Waals surface area contributed by atoms with Crippen LogP contribution in [0.2, 0.25) is 5.02 Å². The first-order chi connectivity index (χ1) is 15.4. The molecule has 1 unspecified atom stereocenters. The van der Waals surface area contributed by atoms with Gasteiger partial charge in [0.2, 0.25) is 5.91 Å². The number of rotatable bonds is 3. The number of piperidine rings is 1. The van der Waals surface area contributed by atoms with Crippen LogP contribution in [0.25, 0.3) is 0 Å². The summed E-state index contributed by atoms with van der Waals surface area (Å²) < 4.78 is 9.93. The van der Waals surface area contributed by atoms with E-state index >= 15 is 0 Å². The Labute approximate surface area is 196 Å². The number of likely N-dealkylation sites (tertiary alicyclic amines) is 1. The highest BCUT2D eigenvalue weighted by Crippen LogP contribution is 2.45. The average molecular weight is 479 g/mol. The Balaban J connectivity index is 1.93. The molecule has 0 bridgehead atoms. The van der Waals surface area contributed by atoms with E-state index in [9.17, 15) is 24.0 Å². The highest BCUT2D eigenvalue weighted by Gasteiger charge is 2.55. The Bertz CT molecular complexity index is 1010. The van der Waals surface area contributed by atoms with Gasteiger partial charge in [-0.25, -0.2) is 4.79 Å². The molecule has 1 aliphatic carbocycles. The minimum absolute atomic E-state index is 0.200. The molecule has 0 saturated carbocycles. The molecule has 1 N–H and O–H groups in total. The molecule has 2 aliphatic rings. The van der Waals surface area contributed by atoms with Gasteiger partial charge >= 0.3 is 12.1 Å².